The zero-order valence-corrected chi connectivity index (χ0v) is 22.7. The lowest BCUT2D eigenvalue weighted by Crippen LogP contribution is -2.47. The molecular weight excluding hydrogens is 476 g/mol. The third-order valence-electron chi connectivity index (χ3n) is 7.64. The minimum Gasteiger partial charge on any atom is -0.389 e. The summed E-state index contributed by atoms with van der Waals surface area (Å²) in [4.78, 5) is 14.7. The summed E-state index contributed by atoms with van der Waals surface area (Å²) in [5, 5.41) is 15.8. The molecule has 1 atom stereocenters. The van der Waals surface area contributed by atoms with Crippen molar-refractivity contribution in [2.75, 3.05) is 31.7 Å². The number of ether oxygens (including phenoxy) is 1. The number of likely N-dealkylation sites (N-methyl/N-ethyl adjacent to an activating group) is 1. The van der Waals surface area contributed by atoms with Gasteiger partial charge in [-0.2, -0.15) is 5.10 Å². The van der Waals surface area contributed by atoms with Gasteiger partial charge in [0.25, 0.3) is 0 Å². The zero-order valence-electron chi connectivity index (χ0n) is 22.7. The first-order chi connectivity index (χ1) is 18.2. The molecule has 8 nitrogen and oxygen atoms in total. The Hall–Kier alpha value is -3.49. The molecule has 1 saturated carbocycles. The molecule has 8 heteroatoms. The predicted octanol–water partition coefficient (Wildman–Crippen LogP) is 4.63. The number of hydrogen-bond acceptors (Lipinski definition) is 7. The first kappa shape index (κ1) is 24.8. The maximum atomic E-state index is 10.2. The van der Waals surface area contributed by atoms with Crippen LogP contribution in [-0.4, -0.2) is 68.2 Å². The average molecular weight is 513 g/mol. The maximum Gasteiger partial charge on any atom is 0.165 e. The lowest BCUT2D eigenvalue weighted by atomic mass is 9.98. The first-order valence-corrected chi connectivity index (χ1v) is 13.4. The number of benzene rings is 1. The molecule has 3 aliphatic rings. The second kappa shape index (κ2) is 9.36. The highest BCUT2D eigenvalue weighted by Crippen LogP contribution is 2.40. The molecule has 38 heavy (non-hydrogen) atoms. The van der Waals surface area contributed by atoms with E-state index in [1.165, 1.54) is 12.8 Å². The molecule has 0 amide bonds. The number of anilines is 1. The van der Waals surface area contributed by atoms with Crippen molar-refractivity contribution in [2.45, 2.75) is 51.8 Å². The third kappa shape index (κ3) is 4.86. The third-order valence-corrected chi connectivity index (χ3v) is 7.64. The van der Waals surface area contributed by atoms with Crippen LogP contribution in [0, 0.1) is 5.92 Å². The lowest BCUT2D eigenvalue weighted by molar-refractivity contribution is 0.0577. The van der Waals surface area contributed by atoms with E-state index in [0.717, 1.165) is 57.8 Å². The fourth-order valence-electron chi connectivity index (χ4n) is 5.44. The Bertz CT molecular complexity index is 1460. The van der Waals surface area contributed by atoms with Gasteiger partial charge in [-0.15, -0.1) is 0 Å². The van der Waals surface area contributed by atoms with Gasteiger partial charge in [-0.3, -0.25) is 4.68 Å². The summed E-state index contributed by atoms with van der Waals surface area (Å²) in [6.07, 6.45) is 10.5. The quantitative estimate of drug-likeness (QED) is 0.516. The maximum absolute atomic E-state index is 10.2. The van der Waals surface area contributed by atoms with E-state index in [0.29, 0.717) is 30.9 Å². The van der Waals surface area contributed by atoms with Crippen molar-refractivity contribution in [2.24, 2.45) is 5.92 Å². The SMILES string of the molecule is C=C1C(C)=CC(c2ccc3nc(-c4cnn(CC(C)(C)O)c4)nc(N4CCOC[C@@H]4C4CC4)c3c2)=CN1C. The molecule has 198 valence electrons. The van der Waals surface area contributed by atoms with Crippen LogP contribution >= 0.6 is 0 Å². The molecular formula is C30H36N6O2. The second-order valence-corrected chi connectivity index (χ2v) is 11.5. The smallest absolute Gasteiger partial charge is 0.165 e. The normalized spacial score (nSPS) is 20.7. The average Bonchev–Trinajstić information content (AvgIpc) is 3.64. The number of rotatable bonds is 6. The van der Waals surface area contributed by atoms with Gasteiger partial charge in [0.1, 0.15) is 5.82 Å². The topological polar surface area (TPSA) is 79.5 Å². The minimum absolute atomic E-state index is 0.321. The van der Waals surface area contributed by atoms with E-state index in [4.69, 9.17) is 14.7 Å². The molecule has 1 saturated heterocycles. The minimum atomic E-state index is -0.860. The molecule has 2 fully saturated rings. The fourth-order valence-corrected chi connectivity index (χ4v) is 5.44. The van der Waals surface area contributed by atoms with E-state index in [1.54, 1.807) is 24.7 Å². The molecule has 4 heterocycles. The largest absolute Gasteiger partial charge is 0.389 e. The summed E-state index contributed by atoms with van der Waals surface area (Å²) in [6, 6.07) is 6.78. The van der Waals surface area contributed by atoms with Gasteiger partial charge >= 0.3 is 0 Å². The zero-order chi connectivity index (χ0) is 26.6. The molecule has 2 aliphatic heterocycles. The molecule has 0 radical (unpaired) electrons. The van der Waals surface area contributed by atoms with Crippen LogP contribution in [0.15, 0.2) is 60.7 Å². The van der Waals surface area contributed by atoms with E-state index in [-0.39, 0.29) is 0 Å². The summed E-state index contributed by atoms with van der Waals surface area (Å²) >= 11 is 0. The van der Waals surface area contributed by atoms with E-state index >= 15 is 0 Å². The Labute approximate surface area is 223 Å². The van der Waals surface area contributed by atoms with Crippen LogP contribution in [0.25, 0.3) is 27.9 Å². The summed E-state index contributed by atoms with van der Waals surface area (Å²) in [5.74, 6) is 2.25. The van der Waals surface area contributed by atoms with Crippen molar-refractivity contribution in [3.8, 4) is 11.4 Å². The van der Waals surface area contributed by atoms with Crippen molar-refractivity contribution < 1.29 is 9.84 Å². The Kier molecular flexibility index (Phi) is 6.12. The van der Waals surface area contributed by atoms with Crippen molar-refractivity contribution in [1.29, 1.82) is 0 Å². The highest BCUT2D eigenvalue weighted by atomic mass is 16.5. The van der Waals surface area contributed by atoms with Crippen molar-refractivity contribution >= 4 is 22.3 Å². The number of hydrogen-bond donors (Lipinski definition) is 1. The number of nitrogens with zero attached hydrogens (tertiary/aromatic N) is 6. The fraction of sp³-hybridized carbons (Fsp3) is 0.433. The molecule has 0 bridgehead atoms. The van der Waals surface area contributed by atoms with Gasteiger partial charge in [-0.05, 0) is 74.4 Å². The van der Waals surface area contributed by atoms with Crippen LogP contribution in [0.3, 0.4) is 0 Å². The van der Waals surface area contributed by atoms with Crippen LogP contribution < -0.4 is 4.90 Å². The van der Waals surface area contributed by atoms with Gasteiger partial charge in [-0.1, -0.05) is 12.6 Å². The highest BCUT2D eigenvalue weighted by molar-refractivity contribution is 5.94. The van der Waals surface area contributed by atoms with E-state index in [2.05, 4.69) is 58.9 Å². The van der Waals surface area contributed by atoms with Crippen LogP contribution in [0.1, 0.15) is 39.2 Å². The Morgan fingerprint density at radius 3 is 2.74 bits per heavy atom. The van der Waals surface area contributed by atoms with Gasteiger partial charge in [0.15, 0.2) is 5.82 Å². The number of fused-ring (bicyclic) bond motifs is 1. The molecule has 1 aromatic carbocycles. The summed E-state index contributed by atoms with van der Waals surface area (Å²) in [5.41, 5.74) is 5.31. The highest BCUT2D eigenvalue weighted by Gasteiger charge is 2.38. The Morgan fingerprint density at radius 1 is 1.18 bits per heavy atom. The van der Waals surface area contributed by atoms with Crippen molar-refractivity contribution in [3.05, 3.63) is 66.3 Å². The van der Waals surface area contributed by atoms with E-state index in [9.17, 15) is 5.11 Å². The van der Waals surface area contributed by atoms with Gasteiger partial charge in [0.05, 0.1) is 48.7 Å². The second-order valence-electron chi connectivity index (χ2n) is 11.5. The van der Waals surface area contributed by atoms with Crippen molar-refractivity contribution in [1.82, 2.24) is 24.6 Å². The number of allylic oxidation sites excluding steroid dienone is 3. The summed E-state index contributed by atoms with van der Waals surface area (Å²) in [7, 11) is 2.03. The van der Waals surface area contributed by atoms with Crippen LogP contribution in [-0.2, 0) is 11.3 Å². The van der Waals surface area contributed by atoms with Gasteiger partial charge < -0.3 is 19.6 Å². The molecule has 0 unspecified atom stereocenters. The molecule has 2 aromatic heterocycles. The number of morpholine rings is 1. The van der Waals surface area contributed by atoms with Crippen LogP contribution in [0.2, 0.25) is 0 Å². The molecule has 0 spiro atoms. The van der Waals surface area contributed by atoms with Gasteiger partial charge in [0.2, 0.25) is 0 Å². The number of aromatic nitrogens is 4. The Balaban J connectivity index is 1.47. The van der Waals surface area contributed by atoms with Crippen LogP contribution in [0.5, 0.6) is 0 Å². The van der Waals surface area contributed by atoms with Gasteiger partial charge in [0, 0.05) is 37.1 Å². The summed E-state index contributed by atoms with van der Waals surface area (Å²) < 4.78 is 7.66. The molecule has 1 N–H and O–H groups in total. The van der Waals surface area contributed by atoms with Crippen molar-refractivity contribution in [3.63, 3.8) is 0 Å². The van der Waals surface area contributed by atoms with E-state index < -0.39 is 5.60 Å². The van der Waals surface area contributed by atoms with Gasteiger partial charge in [-0.25, -0.2) is 9.97 Å². The summed E-state index contributed by atoms with van der Waals surface area (Å²) in [6.45, 7) is 12.4. The predicted molar refractivity (Wildman–Crippen MR) is 150 cm³/mol. The lowest BCUT2D eigenvalue weighted by Gasteiger charge is -2.37. The molecule has 3 aromatic rings. The van der Waals surface area contributed by atoms with Crippen LogP contribution in [0.4, 0.5) is 5.82 Å². The number of aliphatic hydroxyl groups is 1. The van der Waals surface area contributed by atoms with E-state index in [1.807, 2.05) is 13.2 Å². The standard InChI is InChI=1S/C30H36N6O2/c1-19-12-23(15-34(5)20(19)2)22-8-9-26-25(13-22)29(36-10-11-38-17-27(36)21-6-7-21)33-28(32-26)24-14-31-35(16-24)18-30(3,4)37/h8-9,12-16,21,27,37H,2,6-7,10-11,17-18H2,1,3-5H3/t27-/m1/s1. The Morgan fingerprint density at radius 2 is 2.00 bits per heavy atom. The molecule has 1 aliphatic carbocycles. The monoisotopic (exact) mass is 512 g/mol. The molecule has 6 rings (SSSR count). The first-order valence-electron chi connectivity index (χ1n) is 13.4.